The molecule has 5 heteroatoms. The van der Waals surface area contributed by atoms with Gasteiger partial charge in [0.25, 0.3) is 0 Å². The molecule has 0 radical (unpaired) electrons. The van der Waals surface area contributed by atoms with Gasteiger partial charge in [0.15, 0.2) is 0 Å². The minimum absolute atomic E-state index is 0.0731. The zero-order valence-corrected chi connectivity index (χ0v) is 10.9. The fourth-order valence-corrected chi connectivity index (χ4v) is 1.17. The Morgan fingerprint density at radius 1 is 0.867 bits per heavy atom. The van der Waals surface area contributed by atoms with Gasteiger partial charge in [-0.3, -0.25) is 0 Å². The van der Waals surface area contributed by atoms with Crippen LogP contribution in [0.2, 0.25) is 0 Å². The van der Waals surface area contributed by atoms with E-state index in [0.29, 0.717) is 38.2 Å². The van der Waals surface area contributed by atoms with E-state index in [9.17, 15) is 0 Å². The van der Waals surface area contributed by atoms with Crippen LogP contribution in [-0.4, -0.2) is 50.4 Å². The normalized spacial score (nSPS) is 15.2. The van der Waals surface area contributed by atoms with E-state index in [4.69, 9.17) is 37.4 Å². The standard InChI is InChI=1S/C10H20Cl2O3/c1-9(14-5-3-11)7-13-8-10(2)15-6-4-12/h9-10H,3-8H2,1-2H3. The van der Waals surface area contributed by atoms with E-state index in [1.807, 2.05) is 13.8 Å². The van der Waals surface area contributed by atoms with Crippen LogP contribution in [0.25, 0.3) is 0 Å². The average Bonchev–Trinajstić information content (AvgIpc) is 2.23. The van der Waals surface area contributed by atoms with Crippen LogP contribution < -0.4 is 0 Å². The van der Waals surface area contributed by atoms with Gasteiger partial charge in [-0.1, -0.05) is 0 Å². The van der Waals surface area contributed by atoms with Gasteiger partial charge in [0.2, 0.25) is 0 Å². The summed E-state index contributed by atoms with van der Waals surface area (Å²) in [6.07, 6.45) is 0.146. The molecule has 0 aliphatic heterocycles. The lowest BCUT2D eigenvalue weighted by Crippen LogP contribution is -2.22. The molecule has 2 atom stereocenters. The Balaban J connectivity index is 3.27. The minimum atomic E-state index is 0.0731. The maximum atomic E-state index is 5.49. The molecule has 15 heavy (non-hydrogen) atoms. The van der Waals surface area contributed by atoms with Gasteiger partial charge < -0.3 is 14.2 Å². The molecule has 0 aromatic carbocycles. The summed E-state index contributed by atoms with van der Waals surface area (Å²) >= 11 is 11.0. The van der Waals surface area contributed by atoms with Crippen molar-refractivity contribution in [1.82, 2.24) is 0 Å². The van der Waals surface area contributed by atoms with Crippen molar-refractivity contribution in [1.29, 1.82) is 0 Å². The molecule has 0 saturated carbocycles. The summed E-state index contributed by atoms with van der Waals surface area (Å²) in [5.74, 6) is 1.03. The maximum Gasteiger partial charge on any atom is 0.0781 e. The quantitative estimate of drug-likeness (QED) is 0.563. The van der Waals surface area contributed by atoms with Crippen molar-refractivity contribution in [3.8, 4) is 0 Å². The highest BCUT2D eigenvalue weighted by Gasteiger charge is 2.05. The topological polar surface area (TPSA) is 27.7 Å². The Morgan fingerprint density at radius 2 is 1.27 bits per heavy atom. The third kappa shape index (κ3) is 10.7. The van der Waals surface area contributed by atoms with Crippen LogP contribution in [0.15, 0.2) is 0 Å². The number of rotatable bonds is 10. The molecule has 0 heterocycles. The SMILES string of the molecule is CC(COCC(C)OCCCl)OCCCl. The van der Waals surface area contributed by atoms with Crippen LogP contribution in [0, 0.1) is 0 Å². The summed E-state index contributed by atoms with van der Waals surface area (Å²) in [5.41, 5.74) is 0. The molecule has 0 N–H and O–H groups in total. The second kappa shape index (κ2) is 11.0. The fourth-order valence-electron chi connectivity index (χ4n) is 0.988. The van der Waals surface area contributed by atoms with E-state index in [1.165, 1.54) is 0 Å². The lowest BCUT2D eigenvalue weighted by atomic mass is 10.4. The summed E-state index contributed by atoms with van der Waals surface area (Å²) in [6.45, 7) is 6.15. The molecular weight excluding hydrogens is 239 g/mol. The summed E-state index contributed by atoms with van der Waals surface area (Å²) in [4.78, 5) is 0. The second-order valence-electron chi connectivity index (χ2n) is 3.28. The van der Waals surface area contributed by atoms with Gasteiger partial charge in [-0.05, 0) is 13.8 Å². The Bertz CT molecular complexity index is 122. The van der Waals surface area contributed by atoms with Gasteiger partial charge in [-0.25, -0.2) is 0 Å². The number of halogens is 2. The summed E-state index contributed by atoms with van der Waals surface area (Å²) in [5, 5.41) is 0. The number of hydrogen-bond donors (Lipinski definition) is 0. The van der Waals surface area contributed by atoms with Crippen LogP contribution in [0.3, 0.4) is 0 Å². The van der Waals surface area contributed by atoms with E-state index >= 15 is 0 Å². The summed E-state index contributed by atoms with van der Waals surface area (Å²) < 4.78 is 16.1. The van der Waals surface area contributed by atoms with Crippen molar-refractivity contribution in [3.63, 3.8) is 0 Å². The number of ether oxygens (including phenoxy) is 3. The first-order valence-electron chi connectivity index (χ1n) is 5.13. The molecule has 0 aliphatic rings. The monoisotopic (exact) mass is 258 g/mol. The second-order valence-corrected chi connectivity index (χ2v) is 4.03. The van der Waals surface area contributed by atoms with Crippen molar-refractivity contribution in [2.24, 2.45) is 0 Å². The smallest absolute Gasteiger partial charge is 0.0781 e. The highest BCUT2D eigenvalue weighted by molar-refractivity contribution is 6.18. The zero-order chi connectivity index (χ0) is 11.5. The Kier molecular flexibility index (Phi) is 11.3. The molecule has 92 valence electrons. The summed E-state index contributed by atoms with van der Waals surface area (Å²) in [6, 6.07) is 0. The zero-order valence-electron chi connectivity index (χ0n) is 9.38. The van der Waals surface area contributed by atoms with Crippen molar-refractivity contribution < 1.29 is 14.2 Å². The van der Waals surface area contributed by atoms with Crippen molar-refractivity contribution in [2.45, 2.75) is 26.1 Å². The molecule has 0 aromatic rings. The maximum absolute atomic E-state index is 5.49. The van der Waals surface area contributed by atoms with Crippen LogP contribution in [0.4, 0.5) is 0 Å². The van der Waals surface area contributed by atoms with Crippen LogP contribution in [0.5, 0.6) is 0 Å². The molecule has 2 unspecified atom stereocenters. The van der Waals surface area contributed by atoms with Crippen molar-refractivity contribution in [3.05, 3.63) is 0 Å². The molecule has 3 nitrogen and oxygen atoms in total. The van der Waals surface area contributed by atoms with E-state index in [1.54, 1.807) is 0 Å². The minimum Gasteiger partial charge on any atom is -0.376 e. The Morgan fingerprint density at radius 3 is 1.60 bits per heavy atom. The number of hydrogen-bond acceptors (Lipinski definition) is 3. The first-order valence-corrected chi connectivity index (χ1v) is 6.20. The highest BCUT2D eigenvalue weighted by Crippen LogP contribution is 1.97. The molecule has 0 spiro atoms. The molecule has 0 saturated heterocycles. The average molecular weight is 259 g/mol. The van der Waals surface area contributed by atoms with E-state index in [0.717, 1.165) is 0 Å². The fraction of sp³-hybridized carbons (Fsp3) is 1.00. The van der Waals surface area contributed by atoms with Gasteiger partial charge in [0, 0.05) is 11.8 Å². The van der Waals surface area contributed by atoms with Crippen molar-refractivity contribution >= 4 is 23.2 Å². The van der Waals surface area contributed by atoms with E-state index in [2.05, 4.69) is 0 Å². The predicted molar refractivity (Wildman–Crippen MR) is 63.1 cm³/mol. The van der Waals surface area contributed by atoms with Gasteiger partial charge in [-0.15, -0.1) is 23.2 Å². The van der Waals surface area contributed by atoms with Gasteiger partial charge in [-0.2, -0.15) is 0 Å². The third-order valence-electron chi connectivity index (χ3n) is 1.66. The molecule has 0 amide bonds. The lowest BCUT2D eigenvalue weighted by molar-refractivity contribution is -0.0416. The largest absolute Gasteiger partial charge is 0.376 e. The lowest BCUT2D eigenvalue weighted by Gasteiger charge is -2.15. The van der Waals surface area contributed by atoms with Gasteiger partial charge >= 0.3 is 0 Å². The Labute approximate surface area is 102 Å². The molecule has 0 bridgehead atoms. The van der Waals surface area contributed by atoms with Crippen molar-refractivity contribution in [2.75, 3.05) is 38.2 Å². The van der Waals surface area contributed by atoms with E-state index < -0.39 is 0 Å². The first kappa shape index (κ1) is 15.5. The third-order valence-corrected chi connectivity index (χ3v) is 1.97. The highest BCUT2D eigenvalue weighted by atomic mass is 35.5. The molecule has 0 aromatic heterocycles. The first-order chi connectivity index (χ1) is 7.20. The van der Waals surface area contributed by atoms with Gasteiger partial charge in [0.1, 0.15) is 0 Å². The molecule has 0 aliphatic carbocycles. The molecular formula is C10H20Cl2O3. The van der Waals surface area contributed by atoms with E-state index in [-0.39, 0.29) is 12.2 Å². The number of alkyl halides is 2. The van der Waals surface area contributed by atoms with Gasteiger partial charge in [0.05, 0.1) is 38.6 Å². The Hall–Kier alpha value is 0.460. The van der Waals surface area contributed by atoms with Crippen LogP contribution >= 0.6 is 23.2 Å². The predicted octanol–water partition coefficient (Wildman–Crippen LogP) is 2.29. The molecule has 0 rings (SSSR count). The van der Waals surface area contributed by atoms with Crippen LogP contribution in [-0.2, 0) is 14.2 Å². The molecule has 0 fully saturated rings. The van der Waals surface area contributed by atoms with Crippen LogP contribution in [0.1, 0.15) is 13.8 Å². The summed E-state index contributed by atoms with van der Waals surface area (Å²) in [7, 11) is 0.